The van der Waals surface area contributed by atoms with Crippen molar-refractivity contribution >= 4 is 5.97 Å². The number of aliphatic carboxylic acids is 1. The summed E-state index contributed by atoms with van der Waals surface area (Å²) < 4.78 is 12.3. The highest BCUT2D eigenvalue weighted by Crippen LogP contribution is 2.08. The Labute approximate surface area is 67.8 Å². The molecule has 1 atom stereocenters. The molecule has 0 amide bonds. The van der Waals surface area contributed by atoms with Crippen LogP contribution < -0.4 is 5.73 Å². The molecule has 1 aromatic heterocycles. The Morgan fingerprint density at radius 1 is 1.67 bits per heavy atom. The fourth-order valence-electron chi connectivity index (χ4n) is 0.714. The Morgan fingerprint density at radius 2 is 2.33 bits per heavy atom. The van der Waals surface area contributed by atoms with Crippen LogP contribution in [0.15, 0.2) is 18.3 Å². The summed E-state index contributed by atoms with van der Waals surface area (Å²) in [6.07, 6.45) is 1.11. The van der Waals surface area contributed by atoms with Crippen LogP contribution in [0.4, 0.5) is 4.39 Å². The Hall–Kier alpha value is -1.49. The molecule has 4 nitrogen and oxygen atoms in total. The molecule has 0 saturated carbocycles. The van der Waals surface area contributed by atoms with E-state index in [1.807, 2.05) is 0 Å². The zero-order valence-corrected chi connectivity index (χ0v) is 6.07. The number of carbonyl (C=O) groups is 1. The molecule has 64 valence electrons. The Morgan fingerprint density at radius 3 is 2.75 bits per heavy atom. The van der Waals surface area contributed by atoms with Gasteiger partial charge in [0.2, 0.25) is 5.95 Å². The van der Waals surface area contributed by atoms with E-state index in [0.717, 1.165) is 12.3 Å². The number of aromatic nitrogens is 1. The van der Waals surface area contributed by atoms with Crippen molar-refractivity contribution in [1.29, 1.82) is 0 Å². The van der Waals surface area contributed by atoms with Crippen LogP contribution in [0.3, 0.4) is 0 Å². The minimum absolute atomic E-state index is 0.281. The van der Waals surface area contributed by atoms with E-state index < -0.39 is 18.0 Å². The van der Waals surface area contributed by atoms with E-state index in [4.69, 9.17) is 10.8 Å². The third kappa shape index (κ3) is 1.76. The maximum absolute atomic E-state index is 12.3. The average Bonchev–Trinajstić information content (AvgIpc) is 2.04. The molecular weight excluding hydrogens is 163 g/mol. The second-order valence-electron chi connectivity index (χ2n) is 2.23. The van der Waals surface area contributed by atoms with Crippen LogP contribution in [0.1, 0.15) is 11.6 Å². The lowest BCUT2D eigenvalue weighted by Crippen LogP contribution is -2.20. The molecule has 5 heteroatoms. The number of hydrogen-bond donors (Lipinski definition) is 2. The summed E-state index contributed by atoms with van der Waals surface area (Å²) in [7, 11) is 0. The van der Waals surface area contributed by atoms with Gasteiger partial charge in [0.25, 0.3) is 0 Å². The lowest BCUT2D eigenvalue weighted by molar-refractivity contribution is -0.138. The normalized spacial score (nSPS) is 12.5. The number of nitrogens with two attached hydrogens (primary N) is 1. The Bertz CT molecular complexity index is 286. The number of hydrogen-bond acceptors (Lipinski definition) is 3. The van der Waals surface area contributed by atoms with Crippen LogP contribution in [0, 0.1) is 5.95 Å². The van der Waals surface area contributed by atoms with E-state index in [1.165, 1.54) is 6.07 Å². The summed E-state index contributed by atoms with van der Waals surface area (Å²) >= 11 is 0. The van der Waals surface area contributed by atoms with Crippen molar-refractivity contribution in [2.75, 3.05) is 0 Å². The highest BCUT2D eigenvalue weighted by Gasteiger charge is 2.13. The zero-order chi connectivity index (χ0) is 9.14. The second kappa shape index (κ2) is 3.27. The third-order valence-corrected chi connectivity index (χ3v) is 1.38. The molecule has 1 heterocycles. The van der Waals surface area contributed by atoms with E-state index in [9.17, 15) is 9.18 Å². The van der Waals surface area contributed by atoms with Gasteiger partial charge in [-0.05, 0) is 11.6 Å². The van der Waals surface area contributed by atoms with E-state index in [0.29, 0.717) is 0 Å². The van der Waals surface area contributed by atoms with Crippen LogP contribution in [-0.2, 0) is 4.79 Å². The summed E-state index contributed by atoms with van der Waals surface area (Å²) in [5.74, 6) is -1.82. The van der Waals surface area contributed by atoms with Crippen molar-refractivity contribution in [3.63, 3.8) is 0 Å². The highest BCUT2D eigenvalue weighted by atomic mass is 19.1. The van der Waals surface area contributed by atoms with E-state index >= 15 is 0 Å². The summed E-state index contributed by atoms with van der Waals surface area (Å²) in [4.78, 5) is 13.6. The van der Waals surface area contributed by atoms with Crippen molar-refractivity contribution < 1.29 is 14.3 Å². The SMILES string of the molecule is N[C@@H](C(=O)O)c1ccc(F)nc1. The van der Waals surface area contributed by atoms with Gasteiger partial charge in [0.05, 0.1) is 0 Å². The fraction of sp³-hybridized carbons (Fsp3) is 0.143. The number of carboxylic acids is 1. The van der Waals surface area contributed by atoms with Crippen LogP contribution in [0.2, 0.25) is 0 Å². The van der Waals surface area contributed by atoms with Crippen molar-refractivity contribution in [2.24, 2.45) is 5.73 Å². The quantitative estimate of drug-likeness (QED) is 0.626. The third-order valence-electron chi connectivity index (χ3n) is 1.38. The first-order valence-corrected chi connectivity index (χ1v) is 3.21. The van der Waals surface area contributed by atoms with Crippen LogP contribution in [0.25, 0.3) is 0 Å². The minimum Gasteiger partial charge on any atom is -0.480 e. The number of nitrogens with zero attached hydrogens (tertiary/aromatic N) is 1. The van der Waals surface area contributed by atoms with Gasteiger partial charge in [-0.25, -0.2) is 4.98 Å². The molecule has 1 aromatic rings. The largest absolute Gasteiger partial charge is 0.480 e. The van der Waals surface area contributed by atoms with Gasteiger partial charge >= 0.3 is 5.97 Å². The van der Waals surface area contributed by atoms with Crippen LogP contribution in [-0.4, -0.2) is 16.1 Å². The van der Waals surface area contributed by atoms with Gasteiger partial charge in [-0.3, -0.25) is 4.79 Å². The first kappa shape index (κ1) is 8.61. The molecule has 0 radical (unpaired) electrons. The summed E-state index contributed by atoms with van der Waals surface area (Å²) in [5, 5.41) is 8.46. The summed E-state index contributed by atoms with van der Waals surface area (Å²) in [5.41, 5.74) is 5.51. The Kier molecular flexibility index (Phi) is 2.35. The standard InChI is InChI=1S/C7H7FN2O2/c8-5-2-1-4(3-10-5)6(9)7(11)12/h1-3,6H,9H2,(H,11,12)/t6-/m1/s1. The van der Waals surface area contributed by atoms with Gasteiger partial charge in [0.15, 0.2) is 0 Å². The monoisotopic (exact) mass is 170 g/mol. The summed E-state index contributed by atoms with van der Waals surface area (Å²) in [6, 6.07) is 1.22. The maximum Gasteiger partial charge on any atom is 0.325 e. The van der Waals surface area contributed by atoms with Gasteiger partial charge in [0, 0.05) is 6.20 Å². The molecule has 0 fully saturated rings. The number of carboxylic acid groups (broad SMARTS) is 1. The molecule has 0 spiro atoms. The second-order valence-corrected chi connectivity index (χ2v) is 2.23. The van der Waals surface area contributed by atoms with Crippen molar-refractivity contribution in [1.82, 2.24) is 4.98 Å². The number of halogens is 1. The van der Waals surface area contributed by atoms with E-state index in [-0.39, 0.29) is 5.56 Å². The molecule has 3 N–H and O–H groups in total. The van der Waals surface area contributed by atoms with Gasteiger partial charge in [-0.1, -0.05) is 6.07 Å². The van der Waals surface area contributed by atoms with Crippen LogP contribution >= 0.6 is 0 Å². The predicted molar refractivity (Wildman–Crippen MR) is 38.8 cm³/mol. The molecule has 0 aliphatic carbocycles. The first-order chi connectivity index (χ1) is 5.61. The van der Waals surface area contributed by atoms with Gasteiger partial charge in [-0.2, -0.15) is 4.39 Å². The minimum atomic E-state index is -1.16. The average molecular weight is 170 g/mol. The predicted octanol–water partition coefficient (Wildman–Crippen LogP) is 0.305. The molecule has 0 aliphatic rings. The van der Waals surface area contributed by atoms with Crippen molar-refractivity contribution in [2.45, 2.75) is 6.04 Å². The fourth-order valence-corrected chi connectivity index (χ4v) is 0.714. The van der Waals surface area contributed by atoms with E-state index in [1.54, 1.807) is 0 Å². The molecular formula is C7H7FN2O2. The number of pyridine rings is 1. The van der Waals surface area contributed by atoms with Crippen molar-refractivity contribution in [3.05, 3.63) is 29.8 Å². The molecule has 0 unspecified atom stereocenters. The lowest BCUT2D eigenvalue weighted by Gasteiger charge is -2.04. The molecule has 0 saturated heterocycles. The van der Waals surface area contributed by atoms with Crippen molar-refractivity contribution in [3.8, 4) is 0 Å². The Balaban J connectivity index is 2.89. The topological polar surface area (TPSA) is 76.2 Å². The van der Waals surface area contributed by atoms with Gasteiger partial charge in [-0.15, -0.1) is 0 Å². The first-order valence-electron chi connectivity index (χ1n) is 3.21. The van der Waals surface area contributed by atoms with Gasteiger partial charge in [0.1, 0.15) is 6.04 Å². The lowest BCUT2D eigenvalue weighted by atomic mass is 10.1. The van der Waals surface area contributed by atoms with E-state index in [2.05, 4.69) is 4.98 Å². The smallest absolute Gasteiger partial charge is 0.325 e. The molecule has 0 aromatic carbocycles. The van der Waals surface area contributed by atoms with Crippen LogP contribution in [0.5, 0.6) is 0 Å². The molecule has 0 bridgehead atoms. The zero-order valence-electron chi connectivity index (χ0n) is 6.07. The summed E-state index contributed by atoms with van der Waals surface area (Å²) in [6.45, 7) is 0. The molecule has 1 rings (SSSR count). The van der Waals surface area contributed by atoms with Gasteiger partial charge < -0.3 is 10.8 Å². The highest BCUT2D eigenvalue weighted by molar-refractivity contribution is 5.74. The molecule has 12 heavy (non-hydrogen) atoms. The molecule has 0 aliphatic heterocycles. The number of rotatable bonds is 2. The maximum atomic E-state index is 12.3.